The third-order valence-corrected chi connectivity index (χ3v) is 4.13. The van der Waals surface area contributed by atoms with E-state index in [0.29, 0.717) is 6.04 Å². The lowest BCUT2D eigenvalue weighted by atomic mass is 10.0. The molecule has 0 aliphatic rings. The number of rotatable bonds is 5. The van der Waals surface area contributed by atoms with Crippen LogP contribution in [0.15, 0.2) is 30.3 Å². The minimum atomic E-state index is 0.360. The van der Waals surface area contributed by atoms with Gasteiger partial charge in [0.15, 0.2) is 0 Å². The third-order valence-electron chi connectivity index (χ3n) is 4.13. The molecule has 0 heterocycles. The summed E-state index contributed by atoms with van der Waals surface area (Å²) in [6.07, 6.45) is 0. The number of hydrogen-bond donors (Lipinski definition) is 2. The van der Waals surface area contributed by atoms with Crippen LogP contribution < -0.4 is 10.6 Å². The third kappa shape index (κ3) is 3.82. The van der Waals surface area contributed by atoms with Crippen LogP contribution in [0.3, 0.4) is 0 Å². The molecule has 0 aliphatic carbocycles. The minimum Gasteiger partial charge on any atom is -0.383 e. The zero-order chi connectivity index (χ0) is 16.3. The van der Waals surface area contributed by atoms with Crippen LogP contribution in [0.5, 0.6) is 0 Å². The Bertz CT molecular complexity index is 615. The fourth-order valence-electron chi connectivity index (χ4n) is 3.05. The largest absolute Gasteiger partial charge is 0.383 e. The van der Waals surface area contributed by atoms with E-state index in [1.54, 1.807) is 0 Å². The van der Waals surface area contributed by atoms with Crippen molar-refractivity contribution in [3.63, 3.8) is 0 Å². The number of benzene rings is 2. The molecule has 0 aliphatic heterocycles. The van der Waals surface area contributed by atoms with Gasteiger partial charge in [0.25, 0.3) is 0 Å². The van der Waals surface area contributed by atoms with Gasteiger partial charge in [0.05, 0.1) is 0 Å². The van der Waals surface area contributed by atoms with Crippen molar-refractivity contribution in [1.82, 2.24) is 0 Å². The first kappa shape index (κ1) is 16.4. The highest BCUT2D eigenvalue weighted by Gasteiger charge is 2.09. The Hall–Kier alpha value is -1.96. The number of hydrogen-bond acceptors (Lipinski definition) is 2. The van der Waals surface area contributed by atoms with Crippen LogP contribution in [0.1, 0.15) is 34.7 Å². The van der Waals surface area contributed by atoms with Gasteiger partial charge in [-0.05, 0) is 63.8 Å². The van der Waals surface area contributed by atoms with Crippen LogP contribution in [-0.2, 0) is 0 Å². The molecule has 0 saturated carbocycles. The van der Waals surface area contributed by atoms with Gasteiger partial charge in [-0.15, -0.1) is 0 Å². The molecule has 2 aromatic rings. The molecule has 0 bridgehead atoms. The molecule has 2 N–H and O–H groups in total. The lowest BCUT2D eigenvalue weighted by molar-refractivity contribution is 0.831. The molecule has 0 saturated heterocycles. The molecule has 2 aromatic carbocycles. The molecule has 2 nitrogen and oxygen atoms in total. The first-order valence-corrected chi connectivity index (χ1v) is 8.03. The van der Waals surface area contributed by atoms with E-state index in [1.165, 1.54) is 39.2 Å². The highest BCUT2D eigenvalue weighted by molar-refractivity contribution is 5.60. The van der Waals surface area contributed by atoms with Crippen molar-refractivity contribution >= 4 is 11.4 Å². The first-order chi connectivity index (χ1) is 10.4. The Kier molecular flexibility index (Phi) is 5.12. The van der Waals surface area contributed by atoms with Gasteiger partial charge >= 0.3 is 0 Å². The minimum absolute atomic E-state index is 0.360. The summed E-state index contributed by atoms with van der Waals surface area (Å²) in [5, 5.41) is 7.24. The van der Waals surface area contributed by atoms with Crippen molar-refractivity contribution in [2.45, 2.75) is 47.6 Å². The SMILES string of the molecule is Cc1cc(C)c(NC(C)CNc2c(C)cccc2C)c(C)c1. The predicted molar refractivity (Wildman–Crippen MR) is 98.1 cm³/mol. The van der Waals surface area contributed by atoms with E-state index in [-0.39, 0.29) is 0 Å². The molecular formula is C20H28N2. The van der Waals surface area contributed by atoms with E-state index in [9.17, 15) is 0 Å². The Labute approximate surface area is 135 Å². The summed E-state index contributed by atoms with van der Waals surface area (Å²) in [4.78, 5) is 0. The van der Waals surface area contributed by atoms with Crippen molar-refractivity contribution in [1.29, 1.82) is 0 Å². The molecular weight excluding hydrogens is 268 g/mol. The maximum absolute atomic E-state index is 3.65. The molecule has 0 fully saturated rings. The van der Waals surface area contributed by atoms with E-state index in [1.807, 2.05) is 0 Å². The molecule has 0 radical (unpaired) electrons. The molecule has 2 heteroatoms. The Morgan fingerprint density at radius 3 is 1.91 bits per heavy atom. The fraction of sp³-hybridized carbons (Fsp3) is 0.400. The Balaban J connectivity index is 2.04. The van der Waals surface area contributed by atoms with Crippen LogP contribution in [-0.4, -0.2) is 12.6 Å². The first-order valence-electron chi connectivity index (χ1n) is 8.03. The average Bonchev–Trinajstić information content (AvgIpc) is 2.42. The smallest absolute Gasteiger partial charge is 0.0406 e. The standard InChI is InChI=1S/C20H28N2/c1-13-10-16(4)20(17(5)11-13)22-18(6)12-21-19-14(2)8-7-9-15(19)3/h7-11,18,21-22H,12H2,1-6H3. The number of anilines is 2. The van der Waals surface area contributed by atoms with Crippen LogP contribution in [0.4, 0.5) is 11.4 Å². The molecule has 0 amide bonds. The van der Waals surface area contributed by atoms with E-state index >= 15 is 0 Å². The van der Waals surface area contributed by atoms with Crippen molar-refractivity contribution in [2.75, 3.05) is 17.2 Å². The molecule has 0 aromatic heterocycles. The summed E-state index contributed by atoms with van der Waals surface area (Å²) >= 11 is 0. The topological polar surface area (TPSA) is 24.1 Å². The molecule has 118 valence electrons. The molecule has 2 rings (SSSR count). The van der Waals surface area contributed by atoms with E-state index in [4.69, 9.17) is 0 Å². The Morgan fingerprint density at radius 2 is 1.36 bits per heavy atom. The van der Waals surface area contributed by atoms with Crippen molar-refractivity contribution < 1.29 is 0 Å². The van der Waals surface area contributed by atoms with Crippen molar-refractivity contribution in [2.24, 2.45) is 0 Å². The number of para-hydroxylation sites is 1. The second-order valence-electron chi connectivity index (χ2n) is 6.47. The van der Waals surface area contributed by atoms with Gasteiger partial charge in [-0.2, -0.15) is 0 Å². The summed E-state index contributed by atoms with van der Waals surface area (Å²) in [5.41, 5.74) is 9.08. The van der Waals surface area contributed by atoms with Gasteiger partial charge in [0.1, 0.15) is 0 Å². The molecule has 1 atom stereocenters. The summed E-state index contributed by atoms with van der Waals surface area (Å²) in [6, 6.07) is 11.3. The quantitative estimate of drug-likeness (QED) is 0.798. The maximum atomic E-state index is 3.65. The van der Waals surface area contributed by atoms with E-state index < -0.39 is 0 Å². The van der Waals surface area contributed by atoms with Gasteiger partial charge in [0, 0.05) is 24.0 Å². The summed E-state index contributed by atoms with van der Waals surface area (Å²) in [5.74, 6) is 0. The maximum Gasteiger partial charge on any atom is 0.0406 e. The monoisotopic (exact) mass is 296 g/mol. The summed E-state index contributed by atoms with van der Waals surface area (Å²) < 4.78 is 0. The van der Waals surface area contributed by atoms with Gasteiger partial charge in [-0.25, -0.2) is 0 Å². The second-order valence-corrected chi connectivity index (χ2v) is 6.47. The van der Waals surface area contributed by atoms with E-state index in [0.717, 1.165) is 6.54 Å². The van der Waals surface area contributed by atoms with Crippen molar-refractivity contribution in [3.8, 4) is 0 Å². The average molecular weight is 296 g/mol. The summed E-state index contributed by atoms with van der Waals surface area (Å²) in [7, 11) is 0. The highest BCUT2D eigenvalue weighted by Crippen LogP contribution is 2.23. The van der Waals surface area contributed by atoms with Gasteiger partial charge in [0.2, 0.25) is 0 Å². The number of aryl methyl sites for hydroxylation is 5. The van der Waals surface area contributed by atoms with Crippen LogP contribution in [0, 0.1) is 34.6 Å². The molecule has 1 unspecified atom stereocenters. The van der Waals surface area contributed by atoms with Crippen molar-refractivity contribution in [3.05, 3.63) is 58.1 Å². The van der Waals surface area contributed by atoms with Gasteiger partial charge in [-0.3, -0.25) is 0 Å². The van der Waals surface area contributed by atoms with Gasteiger partial charge in [-0.1, -0.05) is 35.9 Å². The summed E-state index contributed by atoms with van der Waals surface area (Å²) in [6.45, 7) is 13.9. The highest BCUT2D eigenvalue weighted by atomic mass is 15.0. The number of nitrogens with one attached hydrogen (secondary N) is 2. The second kappa shape index (κ2) is 6.87. The van der Waals surface area contributed by atoms with Gasteiger partial charge < -0.3 is 10.6 Å². The zero-order valence-corrected chi connectivity index (χ0v) is 14.7. The Morgan fingerprint density at radius 1 is 0.818 bits per heavy atom. The van der Waals surface area contributed by atoms with Crippen LogP contribution in [0.2, 0.25) is 0 Å². The normalized spacial score (nSPS) is 12.1. The van der Waals surface area contributed by atoms with Crippen LogP contribution in [0.25, 0.3) is 0 Å². The predicted octanol–water partition coefficient (Wildman–Crippen LogP) is 5.14. The van der Waals surface area contributed by atoms with E-state index in [2.05, 4.69) is 82.5 Å². The fourth-order valence-corrected chi connectivity index (χ4v) is 3.05. The zero-order valence-electron chi connectivity index (χ0n) is 14.7. The molecule has 22 heavy (non-hydrogen) atoms. The lowest BCUT2D eigenvalue weighted by Crippen LogP contribution is -2.26. The lowest BCUT2D eigenvalue weighted by Gasteiger charge is -2.21. The van der Waals surface area contributed by atoms with Crippen LogP contribution >= 0.6 is 0 Å². The molecule has 0 spiro atoms.